The molecule has 0 aromatic heterocycles. The van der Waals surface area contributed by atoms with E-state index in [1.165, 1.54) is 0 Å². The van der Waals surface area contributed by atoms with Gasteiger partial charge in [-0.15, -0.1) is 0 Å². The van der Waals surface area contributed by atoms with Crippen molar-refractivity contribution >= 4 is 30.4 Å². The molecule has 0 heterocycles. The highest BCUT2D eigenvalue weighted by molar-refractivity contribution is 7.81. The van der Waals surface area contributed by atoms with E-state index in [0.717, 1.165) is 6.42 Å². The Labute approximate surface area is 137 Å². The summed E-state index contributed by atoms with van der Waals surface area (Å²) >= 11 is 3.88. The fraction of sp³-hybridized carbons (Fsp3) is 0.786. The van der Waals surface area contributed by atoms with E-state index in [-0.39, 0.29) is 17.6 Å². The summed E-state index contributed by atoms with van der Waals surface area (Å²) in [6, 6.07) is -1.45. The Balaban J connectivity index is 4.72. The van der Waals surface area contributed by atoms with Crippen LogP contribution in [0.5, 0.6) is 0 Å². The summed E-state index contributed by atoms with van der Waals surface area (Å²) in [5.74, 6) is -1.12. The predicted molar refractivity (Wildman–Crippen MR) is 89.3 cm³/mol. The molecule has 0 aliphatic heterocycles. The summed E-state index contributed by atoms with van der Waals surface area (Å²) in [5, 5.41) is 5.23. The van der Waals surface area contributed by atoms with Crippen molar-refractivity contribution in [2.24, 2.45) is 17.4 Å². The molecule has 0 saturated heterocycles. The van der Waals surface area contributed by atoms with Crippen molar-refractivity contribution in [1.29, 1.82) is 0 Å². The van der Waals surface area contributed by atoms with E-state index < -0.39 is 23.9 Å². The van der Waals surface area contributed by atoms with E-state index in [9.17, 15) is 14.4 Å². The third kappa shape index (κ3) is 8.89. The van der Waals surface area contributed by atoms with E-state index in [2.05, 4.69) is 23.3 Å². The molecule has 0 saturated carbocycles. The standard InChI is InChI=1S/C14H28N4O3S/c1-9(2)7-11(17-12(19)8-22)14(21)18-10(13(16)20)5-3-4-6-15/h9-11,22H,3-8,15H2,1-2H3,(H2,16,20)(H,17,19)(H,18,21)/t10-,11-/m0/s1. The van der Waals surface area contributed by atoms with Crippen molar-refractivity contribution in [3.8, 4) is 0 Å². The van der Waals surface area contributed by atoms with Crippen molar-refractivity contribution in [1.82, 2.24) is 10.6 Å². The number of thiol groups is 1. The maximum Gasteiger partial charge on any atom is 0.243 e. The van der Waals surface area contributed by atoms with Crippen LogP contribution in [-0.2, 0) is 14.4 Å². The first-order valence-electron chi connectivity index (χ1n) is 7.51. The lowest BCUT2D eigenvalue weighted by Gasteiger charge is -2.23. The maximum atomic E-state index is 12.3. The number of hydrogen-bond acceptors (Lipinski definition) is 5. The molecular weight excluding hydrogens is 304 g/mol. The van der Waals surface area contributed by atoms with Crippen LogP contribution in [0.1, 0.15) is 39.5 Å². The molecule has 0 aliphatic carbocycles. The summed E-state index contributed by atoms with van der Waals surface area (Å²) in [7, 11) is 0. The lowest BCUT2D eigenvalue weighted by molar-refractivity contribution is -0.131. The van der Waals surface area contributed by atoms with E-state index >= 15 is 0 Å². The molecule has 0 aromatic carbocycles. The quantitative estimate of drug-likeness (QED) is 0.259. The van der Waals surface area contributed by atoms with Crippen molar-refractivity contribution in [2.75, 3.05) is 12.3 Å². The van der Waals surface area contributed by atoms with E-state index in [1.54, 1.807) is 0 Å². The van der Waals surface area contributed by atoms with Gasteiger partial charge in [-0.3, -0.25) is 14.4 Å². The average molecular weight is 332 g/mol. The minimum Gasteiger partial charge on any atom is -0.368 e. The molecule has 0 aliphatic rings. The van der Waals surface area contributed by atoms with Crippen molar-refractivity contribution in [2.45, 2.75) is 51.6 Å². The van der Waals surface area contributed by atoms with Crippen LogP contribution in [0.25, 0.3) is 0 Å². The zero-order valence-corrected chi connectivity index (χ0v) is 14.2. The number of carbonyl (C=O) groups is 3. The third-order valence-electron chi connectivity index (χ3n) is 3.11. The van der Waals surface area contributed by atoms with Crippen LogP contribution in [0.4, 0.5) is 0 Å². The molecule has 0 aromatic rings. The minimum absolute atomic E-state index is 0.00236. The largest absolute Gasteiger partial charge is 0.368 e. The van der Waals surface area contributed by atoms with Crippen LogP contribution >= 0.6 is 12.6 Å². The van der Waals surface area contributed by atoms with E-state index in [1.807, 2.05) is 13.8 Å². The van der Waals surface area contributed by atoms with E-state index in [0.29, 0.717) is 25.8 Å². The number of carbonyl (C=O) groups excluding carboxylic acids is 3. The Bertz CT molecular complexity index is 377. The van der Waals surface area contributed by atoms with Gasteiger partial charge in [0.25, 0.3) is 0 Å². The molecule has 6 N–H and O–H groups in total. The first-order valence-corrected chi connectivity index (χ1v) is 8.15. The fourth-order valence-electron chi connectivity index (χ4n) is 1.99. The number of hydrogen-bond donors (Lipinski definition) is 5. The molecule has 7 nitrogen and oxygen atoms in total. The average Bonchev–Trinajstić information content (AvgIpc) is 2.44. The lowest BCUT2D eigenvalue weighted by atomic mass is 10.0. The normalized spacial score (nSPS) is 13.5. The number of rotatable bonds is 11. The highest BCUT2D eigenvalue weighted by atomic mass is 32.1. The molecule has 0 rings (SSSR count). The summed E-state index contributed by atoms with van der Waals surface area (Å²) < 4.78 is 0. The first-order chi connectivity index (χ1) is 10.3. The number of nitrogens with two attached hydrogens (primary N) is 2. The second-order valence-corrected chi connectivity index (χ2v) is 5.97. The van der Waals surface area contributed by atoms with Crippen LogP contribution in [-0.4, -0.2) is 42.1 Å². The third-order valence-corrected chi connectivity index (χ3v) is 3.40. The molecule has 0 spiro atoms. The molecule has 3 amide bonds. The van der Waals surface area contributed by atoms with Gasteiger partial charge in [0.15, 0.2) is 0 Å². The Morgan fingerprint density at radius 2 is 1.73 bits per heavy atom. The summed E-state index contributed by atoms with van der Waals surface area (Å²) in [4.78, 5) is 35.2. The van der Waals surface area contributed by atoms with Crippen LogP contribution in [0.15, 0.2) is 0 Å². The lowest BCUT2D eigenvalue weighted by Crippen LogP contribution is -2.53. The maximum absolute atomic E-state index is 12.3. The van der Waals surface area contributed by atoms with Gasteiger partial charge in [-0.05, 0) is 38.1 Å². The summed E-state index contributed by atoms with van der Waals surface area (Å²) in [5.41, 5.74) is 10.7. The van der Waals surface area contributed by atoms with Gasteiger partial charge in [0.2, 0.25) is 17.7 Å². The van der Waals surface area contributed by atoms with Crippen LogP contribution in [0.2, 0.25) is 0 Å². The van der Waals surface area contributed by atoms with Gasteiger partial charge >= 0.3 is 0 Å². The predicted octanol–water partition coefficient (Wildman–Crippen LogP) is -0.454. The zero-order chi connectivity index (χ0) is 17.1. The number of unbranched alkanes of at least 4 members (excludes halogenated alkanes) is 1. The van der Waals surface area contributed by atoms with Gasteiger partial charge < -0.3 is 22.1 Å². The highest BCUT2D eigenvalue weighted by Gasteiger charge is 2.25. The van der Waals surface area contributed by atoms with Gasteiger partial charge in [-0.1, -0.05) is 13.8 Å². The summed E-state index contributed by atoms with van der Waals surface area (Å²) in [6.07, 6.45) is 2.36. The molecule has 0 fully saturated rings. The molecule has 128 valence electrons. The van der Waals surface area contributed by atoms with Gasteiger partial charge in [-0.25, -0.2) is 0 Å². The number of nitrogens with one attached hydrogen (secondary N) is 2. The zero-order valence-electron chi connectivity index (χ0n) is 13.3. The van der Waals surface area contributed by atoms with Gasteiger partial charge in [0.05, 0.1) is 5.75 Å². The Hall–Kier alpha value is -1.28. The molecule has 0 unspecified atom stereocenters. The van der Waals surface area contributed by atoms with Crippen LogP contribution < -0.4 is 22.1 Å². The molecule has 0 bridgehead atoms. The monoisotopic (exact) mass is 332 g/mol. The highest BCUT2D eigenvalue weighted by Crippen LogP contribution is 2.07. The SMILES string of the molecule is CC(C)C[C@H](NC(=O)CS)C(=O)N[C@@H](CCCCN)C(N)=O. The van der Waals surface area contributed by atoms with Crippen molar-refractivity contribution < 1.29 is 14.4 Å². The molecule has 8 heteroatoms. The van der Waals surface area contributed by atoms with Crippen LogP contribution in [0.3, 0.4) is 0 Å². The molecule has 2 atom stereocenters. The number of amides is 3. The Kier molecular flexibility index (Phi) is 10.7. The van der Waals surface area contributed by atoms with Gasteiger partial charge in [0.1, 0.15) is 12.1 Å². The second kappa shape index (κ2) is 11.3. The molecule has 22 heavy (non-hydrogen) atoms. The second-order valence-electron chi connectivity index (χ2n) is 5.66. The topological polar surface area (TPSA) is 127 Å². The minimum atomic E-state index is -0.749. The molecule has 0 radical (unpaired) electrons. The van der Waals surface area contributed by atoms with Crippen LogP contribution in [0, 0.1) is 5.92 Å². The fourth-order valence-corrected chi connectivity index (χ4v) is 2.08. The van der Waals surface area contributed by atoms with Crippen molar-refractivity contribution in [3.63, 3.8) is 0 Å². The smallest absolute Gasteiger partial charge is 0.243 e. The van der Waals surface area contributed by atoms with E-state index in [4.69, 9.17) is 11.5 Å². The van der Waals surface area contributed by atoms with Gasteiger partial charge in [0, 0.05) is 0 Å². The first kappa shape index (κ1) is 20.7. The van der Waals surface area contributed by atoms with Crippen molar-refractivity contribution in [3.05, 3.63) is 0 Å². The Morgan fingerprint density at radius 1 is 1.09 bits per heavy atom. The number of primary amides is 1. The Morgan fingerprint density at radius 3 is 2.18 bits per heavy atom. The molecular formula is C14H28N4O3S. The van der Waals surface area contributed by atoms with Gasteiger partial charge in [-0.2, -0.15) is 12.6 Å². The summed E-state index contributed by atoms with van der Waals surface area (Å²) in [6.45, 7) is 4.41.